The first-order chi connectivity index (χ1) is 9.88. The number of rotatable bonds is 4. The summed E-state index contributed by atoms with van der Waals surface area (Å²) in [6, 6.07) is 4.14. The maximum absolute atomic E-state index is 12.1. The van der Waals surface area contributed by atoms with Crippen LogP contribution in [0.1, 0.15) is 12.0 Å². The Morgan fingerprint density at radius 1 is 1.38 bits per heavy atom. The van der Waals surface area contributed by atoms with Crippen LogP contribution in [-0.4, -0.2) is 37.9 Å². The number of thioether (sulfide) groups is 1. The van der Waals surface area contributed by atoms with Crippen LogP contribution < -0.4 is 5.11 Å². The van der Waals surface area contributed by atoms with Crippen LogP contribution in [0.15, 0.2) is 23.1 Å². The highest BCUT2D eigenvalue weighted by atomic mass is 32.2. The number of carbonyl (C=O) groups excluding carboxylic acids is 2. The average molecular weight is 324 g/mol. The Labute approximate surface area is 129 Å². The van der Waals surface area contributed by atoms with Crippen LogP contribution in [-0.2, 0) is 9.59 Å². The Kier molecular flexibility index (Phi) is 4.49. The van der Waals surface area contributed by atoms with Crippen molar-refractivity contribution in [1.29, 1.82) is 0 Å². The summed E-state index contributed by atoms with van der Waals surface area (Å²) in [5.41, 5.74) is 0.519. The summed E-state index contributed by atoms with van der Waals surface area (Å²) in [5.74, 6) is -2.19. The lowest BCUT2D eigenvalue weighted by atomic mass is 10.2. The molecule has 0 bridgehead atoms. The third kappa shape index (κ3) is 3.53. The van der Waals surface area contributed by atoms with E-state index < -0.39 is 5.97 Å². The molecule has 0 aromatic heterocycles. The van der Waals surface area contributed by atoms with Gasteiger partial charge in [0, 0.05) is 18.9 Å². The van der Waals surface area contributed by atoms with Crippen LogP contribution in [0.25, 0.3) is 6.08 Å². The molecule has 8 heteroatoms. The number of carbonyl (C=O) groups is 2. The number of amides is 1. The van der Waals surface area contributed by atoms with Gasteiger partial charge in [0.2, 0.25) is 0 Å². The number of thiocarbonyl (C=S) groups is 1. The van der Waals surface area contributed by atoms with Crippen molar-refractivity contribution in [3.8, 4) is 11.5 Å². The van der Waals surface area contributed by atoms with Crippen molar-refractivity contribution in [3.05, 3.63) is 28.7 Å². The number of carboxylic acid groups (broad SMARTS) is 1. The molecular weight excluding hydrogens is 314 g/mol. The molecule has 1 aromatic carbocycles. The van der Waals surface area contributed by atoms with E-state index in [0.29, 0.717) is 10.5 Å². The van der Waals surface area contributed by atoms with Gasteiger partial charge in [0.25, 0.3) is 5.91 Å². The second-order valence-electron chi connectivity index (χ2n) is 4.20. The normalized spacial score (nSPS) is 16.8. The molecule has 1 aliphatic heterocycles. The third-order valence-corrected chi connectivity index (χ3v) is 4.09. The van der Waals surface area contributed by atoms with Crippen molar-refractivity contribution in [2.75, 3.05) is 6.54 Å². The third-order valence-electron chi connectivity index (χ3n) is 2.71. The van der Waals surface area contributed by atoms with E-state index in [2.05, 4.69) is 0 Å². The number of hydrogen-bond donors (Lipinski definition) is 2. The molecule has 0 aliphatic carbocycles. The lowest BCUT2D eigenvalue weighted by Crippen LogP contribution is -2.33. The van der Waals surface area contributed by atoms with Gasteiger partial charge in [-0.05, 0) is 23.8 Å². The fourth-order valence-electron chi connectivity index (χ4n) is 1.68. The van der Waals surface area contributed by atoms with Crippen LogP contribution in [0.4, 0.5) is 0 Å². The summed E-state index contributed by atoms with van der Waals surface area (Å²) >= 11 is 6.08. The van der Waals surface area contributed by atoms with Gasteiger partial charge in [0.05, 0.1) is 4.91 Å². The Balaban J connectivity index is 2.19. The molecule has 1 aliphatic rings. The number of benzene rings is 1. The van der Waals surface area contributed by atoms with Crippen molar-refractivity contribution in [2.45, 2.75) is 6.42 Å². The molecule has 1 saturated heterocycles. The van der Waals surface area contributed by atoms with Gasteiger partial charge >= 0.3 is 0 Å². The van der Waals surface area contributed by atoms with E-state index in [1.165, 1.54) is 29.2 Å². The van der Waals surface area contributed by atoms with Crippen molar-refractivity contribution in [3.63, 3.8) is 0 Å². The van der Waals surface area contributed by atoms with Crippen LogP contribution in [0, 0.1) is 0 Å². The zero-order valence-corrected chi connectivity index (χ0v) is 12.2. The lowest BCUT2D eigenvalue weighted by Gasteiger charge is -2.14. The highest BCUT2D eigenvalue weighted by molar-refractivity contribution is 8.26. The molecule has 0 radical (unpaired) electrons. The van der Waals surface area contributed by atoms with Crippen molar-refractivity contribution >= 4 is 46.3 Å². The second-order valence-corrected chi connectivity index (χ2v) is 5.88. The molecule has 1 amide bonds. The molecule has 0 spiro atoms. The minimum absolute atomic E-state index is 0.0365. The SMILES string of the molecule is O=C([O-])CCN1C(=O)C(=Cc2ccc(O)c(O)c2)SC1=S. The molecule has 1 heterocycles. The second kappa shape index (κ2) is 6.15. The zero-order chi connectivity index (χ0) is 15.6. The molecule has 0 saturated carbocycles. The Morgan fingerprint density at radius 3 is 2.71 bits per heavy atom. The van der Waals surface area contributed by atoms with E-state index in [9.17, 15) is 24.9 Å². The summed E-state index contributed by atoms with van der Waals surface area (Å²) in [7, 11) is 0. The summed E-state index contributed by atoms with van der Waals surface area (Å²) in [6.45, 7) is -0.0365. The number of aromatic hydroxyl groups is 2. The number of hydrogen-bond acceptors (Lipinski definition) is 7. The summed E-state index contributed by atoms with van der Waals surface area (Å²) < 4.78 is 0.274. The van der Waals surface area contributed by atoms with Gasteiger partial charge in [-0.1, -0.05) is 30.0 Å². The van der Waals surface area contributed by atoms with Crippen LogP contribution in [0.5, 0.6) is 11.5 Å². The maximum Gasteiger partial charge on any atom is 0.266 e. The Hall–Kier alpha value is -2.06. The van der Waals surface area contributed by atoms with Crippen LogP contribution in [0.2, 0.25) is 0 Å². The molecule has 21 heavy (non-hydrogen) atoms. The van der Waals surface area contributed by atoms with E-state index >= 15 is 0 Å². The number of nitrogens with zero attached hydrogens (tertiary/aromatic N) is 1. The fraction of sp³-hybridized carbons (Fsp3) is 0.154. The summed E-state index contributed by atoms with van der Waals surface area (Å²) in [6.07, 6.45) is 1.22. The maximum atomic E-state index is 12.1. The van der Waals surface area contributed by atoms with Gasteiger partial charge in [0.15, 0.2) is 11.5 Å². The van der Waals surface area contributed by atoms with Crippen LogP contribution >= 0.6 is 24.0 Å². The molecule has 6 nitrogen and oxygen atoms in total. The van der Waals surface area contributed by atoms with Crippen molar-refractivity contribution in [1.82, 2.24) is 4.90 Å². The van der Waals surface area contributed by atoms with Gasteiger partial charge in [0.1, 0.15) is 4.32 Å². The van der Waals surface area contributed by atoms with E-state index in [-0.39, 0.29) is 34.7 Å². The predicted octanol–water partition coefficient (Wildman–Crippen LogP) is 0.439. The van der Waals surface area contributed by atoms with Gasteiger partial charge in [-0.3, -0.25) is 9.69 Å². The minimum atomic E-state index is -1.25. The Bertz CT molecular complexity index is 656. The van der Waals surface area contributed by atoms with Crippen LogP contribution in [0.3, 0.4) is 0 Å². The highest BCUT2D eigenvalue weighted by Gasteiger charge is 2.31. The number of phenolic OH excluding ortho intramolecular Hbond substituents is 2. The molecule has 0 atom stereocenters. The van der Waals surface area contributed by atoms with Gasteiger partial charge in [-0.25, -0.2) is 0 Å². The van der Waals surface area contributed by atoms with Crippen molar-refractivity contribution in [2.24, 2.45) is 0 Å². The number of aliphatic carboxylic acids is 1. The molecule has 2 N–H and O–H groups in total. The number of carboxylic acids is 1. The molecular formula is C13H10NO5S2-. The molecule has 110 valence electrons. The molecule has 1 fully saturated rings. The molecule has 2 rings (SSSR count). The van der Waals surface area contributed by atoms with E-state index in [1.54, 1.807) is 0 Å². The number of phenols is 2. The van der Waals surface area contributed by atoms with E-state index in [0.717, 1.165) is 11.8 Å². The largest absolute Gasteiger partial charge is 0.550 e. The van der Waals surface area contributed by atoms with Gasteiger partial charge in [-0.2, -0.15) is 0 Å². The van der Waals surface area contributed by atoms with Gasteiger partial charge < -0.3 is 20.1 Å². The average Bonchev–Trinajstić information content (AvgIpc) is 2.67. The predicted molar refractivity (Wildman–Crippen MR) is 79.3 cm³/mol. The van der Waals surface area contributed by atoms with E-state index in [1.807, 2.05) is 0 Å². The standard InChI is InChI=1S/C13H11NO5S2/c15-8-2-1-7(5-9(8)16)6-10-12(19)14(13(20)21-10)4-3-11(17)18/h1-2,5-6,15-16H,3-4H2,(H,17,18)/p-1. The smallest absolute Gasteiger partial charge is 0.266 e. The van der Waals surface area contributed by atoms with Gasteiger partial charge in [-0.15, -0.1) is 0 Å². The summed E-state index contributed by atoms with van der Waals surface area (Å²) in [5, 5.41) is 29.1. The monoisotopic (exact) mass is 324 g/mol. The Morgan fingerprint density at radius 2 is 2.10 bits per heavy atom. The first-order valence-electron chi connectivity index (χ1n) is 5.85. The minimum Gasteiger partial charge on any atom is -0.550 e. The lowest BCUT2D eigenvalue weighted by molar-refractivity contribution is -0.305. The molecule has 0 unspecified atom stereocenters. The van der Waals surface area contributed by atoms with Crippen molar-refractivity contribution < 1.29 is 24.9 Å². The highest BCUT2D eigenvalue weighted by Crippen LogP contribution is 2.34. The van der Waals surface area contributed by atoms with E-state index in [4.69, 9.17) is 12.2 Å². The quantitative estimate of drug-likeness (QED) is 0.471. The first-order valence-corrected chi connectivity index (χ1v) is 7.08. The fourth-order valence-corrected chi connectivity index (χ4v) is 2.99. The zero-order valence-electron chi connectivity index (χ0n) is 10.6. The first kappa shape index (κ1) is 15.3. The molecule has 1 aromatic rings. The summed E-state index contributed by atoms with van der Waals surface area (Å²) in [4.78, 5) is 24.1. The topological polar surface area (TPSA) is 101 Å².